The van der Waals surface area contributed by atoms with Crippen molar-refractivity contribution in [1.29, 1.82) is 0 Å². The molecule has 2 N–H and O–H groups in total. The van der Waals surface area contributed by atoms with Crippen molar-refractivity contribution in [3.63, 3.8) is 0 Å². The van der Waals surface area contributed by atoms with E-state index in [-0.39, 0.29) is 5.56 Å². The first kappa shape index (κ1) is 13.0. The summed E-state index contributed by atoms with van der Waals surface area (Å²) in [6, 6.07) is 3.40. The van der Waals surface area contributed by atoms with Gasteiger partial charge in [0.1, 0.15) is 5.75 Å². The molecule has 0 aliphatic carbocycles. The molecule has 0 amide bonds. The monoisotopic (exact) mass is 288 g/mol. The number of hydrogen-bond donors (Lipinski definition) is 2. The van der Waals surface area contributed by atoms with E-state index in [1.807, 2.05) is 13.0 Å². The van der Waals surface area contributed by atoms with Crippen LogP contribution < -0.4 is 4.74 Å². The van der Waals surface area contributed by atoms with Gasteiger partial charge in [0.2, 0.25) is 0 Å². The number of hydrogen-bond acceptors (Lipinski definition) is 3. The zero-order valence-electron chi connectivity index (χ0n) is 9.03. The van der Waals surface area contributed by atoms with Crippen LogP contribution in [0.25, 0.3) is 0 Å². The average molecular weight is 289 g/mol. The molecule has 0 saturated carbocycles. The summed E-state index contributed by atoms with van der Waals surface area (Å²) < 4.78 is 5.87. The highest BCUT2D eigenvalue weighted by Gasteiger charge is 2.22. The molecule has 0 aliphatic heterocycles. The summed E-state index contributed by atoms with van der Waals surface area (Å²) in [7, 11) is 1.46. The maximum atomic E-state index is 10.8. The average Bonchev–Trinajstić information content (AvgIpc) is 2.26. The zero-order chi connectivity index (χ0) is 12.3. The van der Waals surface area contributed by atoms with E-state index in [0.29, 0.717) is 12.2 Å². The molecule has 88 valence electrons. The highest BCUT2D eigenvalue weighted by atomic mass is 79.9. The van der Waals surface area contributed by atoms with Crippen LogP contribution >= 0.6 is 15.9 Å². The van der Waals surface area contributed by atoms with Crippen LogP contribution in [-0.2, 0) is 11.2 Å². The van der Waals surface area contributed by atoms with E-state index in [0.717, 1.165) is 10.0 Å². The van der Waals surface area contributed by atoms with Gasteiger partial charge in [0, 0.05) is 10.0 Å². The molecule has 0 bridgehead atoms. The van der Waals surface area contributed by atoms with Crippen molar-refractivity contribution >= 4 is 21.9 Å². The Morgan fingerprint density at radius 2 is 2.19 bits per heavy atom. The van der Waals surface area contributed by atoms with Crippen LogP contribution in [0.2, 0.25) is 0 Å². The maximum absolute atomic E-state index is 10.8. The third kappa shape index (κ3) is 2.54. The Bertz CT molecular complexity index is 403. The van der Waals surface area contributed by atoms with E-state index in [4.69, 9.17) is 9.84 Å². The molecule has 0 aliphatic rings. The molecule has 1 unspecified atom stereocenters. The standard InChI is InChI=1S/C11H13BrO4/c1-3-6-4-7(12)5-8(10(6)16-2)9(13)11(14)15/h4-5,9,13H,3H2,1-2H3,(H,14,15). The number of halogens is 1. The van der Waals surface area contributed by atoms with Gasteiger partial charge in [-0.1, -0.05) is 22.9 Å². The molecular weight excluding hydrogens is 276 g/mol. The fraction of sp³-hybridized carbons (Fsp3) is 0.364. The van der Waals surface area contributed by atoms with Gasteiger partial charge in [0.25, 0.3) is 0 Å². The molecule has 0 heterocycles. The molecule has 1 rings (SSSR count). The van der Waals surface area contributed by atoms with Crippen molar-refractivity contribution in [2.75, 3.05) is 7.11 Å². The molecule has 5 heteroatoms. The summed E-state index contributed by atoms with van der Waals surface area (Å²) >= 11 is 3.27. The van der Waals surface area contributed by atoms with Gasteiger partial charge in [-0.05, 0) is 24.1 Å². The summed E-state index contributed by atoms with van der Waals surface area (Å²) in [5, 5.41) is 18.3. The molecule has 0 radical (unpaired) electrons. The van der Waals surface area contributed by atoms with E-state index >= 15 is 0 Å². The molecule has 0 fully saturated rings. The third-order valence-electron chi connectivity index (χ3n) is 2.27. The largest absolute Gasteiger partial charge is 0.496 e. The lowest BCUT2D eigenvalue weighted by atomic mass is 10.0. The SMILES string of the molecule is CCc1cc(Br)cc(C(O)C(=O)O)c1OC. The Morgan fingerprint density at radius 1 is 1.56 bits per heavy atom. The lowest BCUT2D eigenvalue weighted by Crippen LogP contribution is -2.12. The van der Waals surface area contributed by atoms with Crippen molar-refractivity contribution in [2.24, 2.45) is 0 Å². The van der Waals surface area contributed by atoms with Crippen LogP contribution in [-0.4, -0.2) is 23.3 Å². The minimum absolute atomic E-state index is 0.265. The van der Waals surface area contributed by atoms with Gasteiger partial charge in [0.05, 0.1) is 7.11 Å². The third-order valence-corrected chi connectivity index (χ3v) is 2.73. The number of aliphatic carboxylic acids is 1. The zero-order valence-corrected chi connectivity index (χ0v) is 10.6. The summed E-state index contributed by atoms with van der Waals surface area (Å²) in [6.45, 7) is 1.93. The number of carboxylic acids is 1. The quantitative estimate of drug-likeness (QED) is 0.891. The predicted octanol–water partition coefficient (Wildman–Crippen LogP) is 2.14. The van der Waals surface area contributed by atoms with Gasteiger partial charge in [-0.25, -0.2) is 4.79 Å². The Morgan fingerprint density at radius 3 is 2.62 bits per heavy atom. The second-order valence-corrected chi connectivity index (χ2v) is 4.20. The van der Waals surface area contributed by atoms with E-state index in [9.17, 15) is 9.90 Å². The maximum Gasteiger partial charge on any atom is 0.337 e. The molecular formula is C11H13BrO4. The van der Waals surface area contributed by atoms with Gasteiger partial charge >= 0.3 is 5.97 Å². The van der Waals surface area contributed by atoms with Gasteiger partial charge in [-0.15, -0.1) is 0 Å². The molecule has 1 aromatic carbocycles. The first-order chi connectivity index (χ1) is 7.51. The molecule has 16 heavy (non-hydrogen) atoms. The molecule has 0 aromatic heterocycles. The number of ether oxygens (including phenoxy) is 1. The Kier molecular flexibility index (Phi) is 4.32. The van der Waals surface area contributed by atoms with Crippen LogP contribution in [0.5, 0.6) is 5.75 Å². The minimum atomic E-state index is -1.57. The Balaban J connectivity index is 3.35. The summed E-state index contributed by atoms with van der Waals surface area (Å²) in [6.07, 6.45) is -0.875. The molecule has 1 atom stereocenters. The highest BCUT2D eigenvalue weighted by Crippen LogP contribution is 2.33. The second kappa shape index (κ2) is 5.32. The summed E-state index contributed by atoms with van der Waals surface area (Å²) in [4.78, 5) is 10.8. The number of aliphatic hydroxyl groups is 1. The van der Waals surface area contributed by atoms with E-state index in [2.05, 4.69) is 15.9 Å². The first-order valence-corrected chi connectivity index (χ1v) is 5.57. The smallest absolute Gasteiger partial charge is 0.337 e. The number of aliphatic hydroxyl groups excluding tert-OH is 1. The predicted molar refractivity (Wildman–Crippen MR) is 62.7 cm³/mol. The molecule has 1 aromatic rings. The van der Waals surface area contributed by atoms with Crippen molar-refractivity contribution in [3.8, 4) is 5.75 Å². The normalized spacial score (nSPS) is 12.2. The van der Waals surface area contributed by atoms with Crippen molar-refractivity contribution < 1.29 is 19.7 Å². The van der Waals surface area contributed by atoms with Gasteiger partial charge in [0.15, 0.2) is 6.10 Å². The summed E-state index contributed by atoms with van der Waals surface area (Å²) in [5.74, 6) is -0.862. The lowest BCUT2D eigenvalue weighted by molar-refractivity contribution is -0.147. The molecule has 0 spiro atoms. The number of rotatable bonds is 4. The topological polar surface area (TPSA) is 66.8 Å². The fourth-order valence-corrected chi connectivity index (χ4v) is 2.04. The van der Waals surface area contributed by atoms with Crippen molar-refractivity contribution in [2.45, 2.75) is 19.4 Å². The summed E-state index contributed by atoms with van der Waals surface area (Å²) in [5.41, 5.74) is 1.12. The van der Waals surface area contributed by atoms with Crippen LogP contribution in [0.1, 0.15) is 24.2 Å². The number of methoxy groups -OCH3 is 1. The second-order valence-electron chi connectivity index (χ2n) is 3.28. The lowest BCUT2D eigenvalue weighted by Gasteiger charge is -2.15. The molecule has 0 saturated heterocycles. The molecule has 4 nitrogen and oxygen atoms in total. The van der Waals surface area contributed by atoms with Gasteiger partial charge < -0.3 is 14.9 Å². The van der Waals surface area contributed by atoms with E-state index in [1.165, 1.54) is 7.11 Å². The van der Waals surface area contributed by atoms with Crippen LogP contribution in [0.15, 0.2) is 16.6 Å². The number of aryl methyl sites for hydroxylation is 1. The number of carbonyl (C=O) groups is 1. The Hall–Kier alpha value is -1.07. The van der Waals surface area contributed by atoms with Crippen molar-refractivity contribution in [1.82, 2.24) is 0 Å². The number of benzene rings is 1. The Labute approximate surface area is 102 Å². The van der Waals surface area contributed by atoms with Crippen LogP contribution in [0.3, 0.4) is 0 Å². The first-order valence-electron chi connectivity index (χ1n) is 4.78. The highest BCUT2D eigenvalue weighted by molar-refractivity contribution is 9.10. The minimum Gasteiger partial charge on any atom is -0.496 e. The van der Waals surface area contributed by atoms with Gasteiger partial charge in [-0.3, -0.25) is 0 Å². The van der Waals surface area contributed by atoms with E-state index < -0.39 is 12.1 Å². The van der Waals surface area contributed by atoms with Crippen LogP contribution in [0.4, 0.5) is 0 Å². The fourth-order valence-electron chi connectivity index (χ4n) is 1.52. The number of carboxylic acid groups (broad SMARTS) is 1. The van der Waals surface area contributed by atoms with Crippen LogP contribution in [0, 0.1) is 0 Å². The van der Waals surface area contributed by atoms with Crippen molar-refractivity contribution in [3.05, 3.63) is 27.7 Å². The van der Waals surface area contributed by atoms with Gasteiger partial charge in [-0.2, -0.15) is 0 Å². The van der Waals surface area contributed by atoms with E-state index in [1.54, 1.807) is 6.07 Å².